The summed E-state index contributed by atoms with van der Waals surface area (Å²) in [5, 5.41) is 2.41. The lowest BCUT2D eigenvalue weighted by atomic mass is 10.1. The first-order valence-corrected chi connectivity index (χ1v) is 5.45. The summed E-state index contributed by atoms with van der Waals surface area (Å²) in [5.41, 5.74) is 0. The summed E-state index contributed by atoms with van der Waals surface area (Å²) in [6, 6.07) is 0. The van der Waals surface area contributed by atoms with E-state index in [-0.39, 0.29) is 0 Å². The average Bonchev–Trinajstić information content (AvgIpc) is 2.20. The van der Waals surface area contributed by atoms with E-state index < -0.39 is 6.29 Å². The van der Waals surface area contributed by atoms with E-state index >= 15 is 0 Å². The van der Waals surface area contributed by atoms with E-state index in [9.17, 15) is 4.91 Å². The van der Waals surface area contributed by atoms with Crippen molar-refractivity contribution in [2.75, 3.05) is 6.61 Å². The van der Waals surface area contributed by atoms with Crippen molar-refractivity contribution >= 4 is 0 Å². The SMILES string of the molecule is CCCCCCC(OCCC)ON=O. The lowest BCUT2D eigenvalue weighted by molar-refractivity contribution is -0.147. The summed E-state index contributed by atoms with van der Waals surface area (Å²) in [4.78, 5) is 14.5. The Bertz CT molecular complexity index is 131. The molecular weight excluding hydrogens is 182 g/mol. The average molecular weight is 203 g/mol. The Morgan fingerprint density at radius 2 is 1.93 bits per heavy atom. The van der Waals surface area contributed by atoms with Crippen molar-refractivity contribution in [3.05, 3.63) is 4.91 Å². The van der Waals surface area contributed by atoms with Gasteiger partial charge in [0, 0.05) is 6.42 Å². The minimum atomic E-state index is -0.440. The van der Waals surface area contributed by atoms with Gasteiger partial charge in [-0.3, -0.25) is 0 Å². The molecule has 0 fully saturated rings. The molecule has 0 N–H and O–H groups in total. The van der Waals surface area contributed by atoms with Gasteiger partial charge < -0.3 is 9.57 Å². The summed E-state index contributed by atoms with van der Waals surface area (Å²) in [7, 11) is 0. The van der Waals surface area contributed by atoms with Crippen molar-refractivity contribution in [2.24, 2.45) is 5.34 Å². The zero-order chi connectivity index (χ0) is 10.6. The summed E-state index contributed by atoms with van der Waals surface area (Å²) >= 11 is 0. The third-order valence-electron chi connectivity index (χ3n) is 1.96. The predicted octanol–water partition coefficient (Wildman–Crippen LogP) is 3.41. The van der Waals surface area contributed by atoms with Gasteiger partial charge in [-0.15, -0.1) is 4.91 Å². The van der Waals surface area contributed by atoms with Crippen LogP contribution >= 0.6 is 0 Å². The van der Waals surface area contributed by atoms with Crippen molar-refractivity contribution in [3.63, 3.8) is 0 Å². The molecule has 0 aromatic rings. The number of rotatable bonds is 10. The molecule has 0 saturated carbocycles. The Morgan fingerprint density at radius 3 is 2.50 bits per heavy atom. The monoisotopic (exact) mass is 203 g/mol. The first-order chi connectivity index (χ1) is 6.85. The van der Waals surface area contributed by atoms with Crippen LogP contribution in [0.2, 0.25) is 0 Å². The largest absolute Gasteiger partial charge is 0.341 e. The lowest BCUT2D eigenvalue weighted by Crippen LogP contribution is -2.15. The van der Waals surface area contributed by atoms with Crippen LogP contribution in [0.3, 0.4) is 0 Å². The van der Waals surface area contributed by atoms with Crippen molar-refractivity contribution in [2.45, 2.75) is 58.7 Å². The third-order valence-corrected chi connectivity index (χ3v) is 1.96. The highest BCUT2D eigenvalue weighted by Gasteiger charge is 2.09. The molecule has 0 aliphatic heterocycles. The molecule has 0 spiro atoms. The Balaban J connectivity index is 3.45. The summed E-state index contributed by atoms with van der Waals surface area (Å²) in [5.74, 6) is 0. The lowest BCUT2D eigenvalue weighted by Gasteiger charge is -2.13. The van der Waals surface area contributed by atoms with Crippen molar-refractivity contribution < 1.29 is 9.57 Å². The number of hydrogen-bond donors (Lipinski definition) is 0. The van der Waals surface area contributed by atoms with Crippen LogP contribution in [0.4, 0.5) is 0 Å². The summed E-state index contributed by atoms with van der Waals surface area (Å²) in [6.07, 6.45) is 5.84. The van der Waals surface area contributed by atoms with Crippen LogP contribution in [0.5, 0.6) is 0 Å². The number of ether oxygens (including phenoxy) is 1. The molecule has 0 aromatic heterocycles. The molecule has 14 heavy (non-hydrogen) atoms. The third kappa shape index (κ3) is 7.98. The minimum Gasteiger partial charge on any atom is -0.341 e. The van der Waals surface area contributed by atoms with E-state index in [1.54, 1.807) is 0 Å². The highest BCUT2D eigenvalue weighted by Crippen LogP contribution is 2.10. The van der Waals surface area contributed by atoms with Gasteiger partial charge in [0.2, 0.25) is 6.29 Å². The van der Waals surface area contributed by atoms with Gasteiger partial charge in [-0.2, -0.15) is 0 Å². The molecule has 84 valence electrons. The highest BCUT2D eigenvalue weighted by molar-refractivity contribution is 4.47. The van der Waals surface area contributed by atoms with Gasteiger partial charge in [0.1, 0.15) is 0 Å². The second-order valence-corrected chi connectivity index (χ2v) is 3.33. The Labute approximate surface area is 85.9 Å². The number of unbranched alkanes of at least 4 members (excludes halogenated alkanes) is 3. The molecule has 0 aromatic carbocycles. The molecule has 0 radical (unpaired) electrons. The van der Waals surface area contributed by atoms with Gasteiger partial charge in [-0.25, -0.2) is 0 Å². The zero-order valence-electron chi connectivity index (χ0n) is 9.20. The molecule has 0 amide bonds. The minimum absolute atomic E-state index is 0.440. The molecular formula is C10H21NO3. The first-order valence-electron chi connectivity index (χ1n) is 5.45. The quantitative estimate of drug-likeness (QED) is 0.236. The van der Waals surface area contributed by atoms with Gasteiger partial charge >= 0.3 is 0 Å². The molecule has 4 heteroatoms. The zero-order valence-corrected chi connectivity index (χ0v) is 9.20. The second kappa shape index (κ2) is 10.4. The van der Waals surface area contributed by atoms with Crippen molar-refractivity contribution in [3.8, 4) is 0 Å². The molecule has 0 heterocycles. The molecule has 0 aliphatic rings. The molecule has 0 bridgehead atoms. The van der Waals surface area contributed by atoms with Crippen molar-refractivity contribution in [1.29, 1.82) is 0 Å². The molecule has 0 aliphatic carbocycles. The number of nitrogens with zero attached hydrogens (tertiary/aromatic N) is 1. The predicted molar refractivity (Wildman–Crippen MR) is 55.7 cm³/mol. The van der Waals surface area contributed by atoms with E-state index in [1.165, 1.54) is 12.8 Å². The molecule has 4 nitrogen and oxygen atoms in total. The molecule has 0 saturated heterocycles. The first kappa shape index (κ1) is 13.4. The van der Waals surface area contributed by atoms with Crippen LogP contribution in [0, 0.1) is 4.91 Å². The maximum Gasteiger partial charge on any atom is 0.230 e. The number of hydrogen-bond acceptors (Lipinski definition) is 4. The Morgan fingerprint density at radius 1 is 1.14 bits per heavy atom. The van der Waals surface area contributed by atoms with Crippen molar-refractivity contribution in [1.82, 2.24) is 0 Å². The van der Waals surface area contributed by atoms with Crippen LogP contribution in [-0.2, 0) is 9.57 Å². The van der Waals surface area contributed by atoms with Gasteiger partial charge in [0.25, 0.3) is 0 Å². The Hall–Kier alpha value is -0.640. The highest BCUT2D eigenvalue weighted by atomic mass is 16.8. The van der Waals surface area contributed by atoms with Gasteiger partial charge in [-0.1, -0.05) is 33.1 Å². The summed E-state index contributed by atoms with van der Waals surface area (Å²) < 4.78 is 5.30. The molecule has 0 rings (SSSR count). The van der Waals surface area contributed by atoms with Crippen LogP contribution < -0.4 is 0 Å². The van der Waals surface area contributed by atoms with E-state index in [4.69, 9.17) is 4.74 Å². The fourth-order valence-corrected chi connectivity index (χ4v) is 1.20. The molecule has 1 unspecified atom stereocenters. The maximum atomic E-state index is 9.92. The van der Waals surface area contributed by atoms with E-state index in [1.807, 2.05) is 6.92 Å². The van der Waals surface area contributed by atoms with Crippen LogP contribution in [0.1, 0.15) is 52.4 Å². The topological polar surface area (TPSA) is 47.9 Å². The fourth-order valence-electron chi connectivity index (χ4n) is 1.20. The van der Waals surface area contributed by atoms with E-state index in [0.717, 1.165) is 25.7 Å². The van der Waals surface area contributed by atoms with Gasteiger partial charge in [-0.05, 0) is 12.8 Å². The van der Waals surface area contributed by atoms with Crippen LogP contribution in [0.25, 0.3) is 0 Å². The normalized spacial score (nSPS) is 12.4. The van der Waals surface area contributed by atoms with Crippen LogP contribution in [0.15, 0.2) is 5.34 Å². The van der Waals surface area contributed by atoms with Gasteiger partial charge in [0.05, 0.1) is 6.61 Å². The molecule has 1 atom stereocenters. The Kier molecular flexibility index (Phi) is 9.96. The summed E-state index contributed by atoms with van der Waals surface area (Å²) in [6.45, 7) is 4.80. The van der Waals surface area contributed by atoms with E-state index in [0.29, 0.717) is 6.61 Å². The fraction of sp³-hybridized carbons (Fsp3) is 1.00. The smallest absolute Gasteiger partial charge is 0.230 e. The van der Waals surface area contributed by atoms with Crippen LogP contribution in [-0.4, -0.2) is 12.9 Å². The standard InChI is InChI=1S/C10H21NO3/c1-3-5-6-7-8-10(14-11-12)13-9-4-2/h10H,3-9H2,1-2H3. The van der Waals surface area contributed by atoms with E-state index in [2.05, 4.69) is 17.1 Å². The second-order valence-electron chi connectivity index (χ2n) is 3.33. The maximum absolute atomic E-state index is 9.92. The van der Waals surface area contributed by atoms with Gasteiger partial charge in [0.15, 0.2) is 5.34 Å².